The Morgan fingerprint density at radius 3 is 1.81 bits per heavy atom. The number of carbonyl (C=O) groups excluding carboxylic acids is 5. The number of nitro benzene ring substituents is 3. The Hall–Kier alpha value is -7.41. The van der Waals surface area contributed by atoms with Gasteiger partial charge < -0.3 is 34.9 Å². The standard InChI is InChI=1S/C38H41N9O15S/c48-32(33(49)40-26-14-16-43(18-26)34(50)31-17-30(63)19-44(31)38(53)62-22-25-5-11-29(12-6-25)47(58)59)13-15-39-35(41-36(51)60-20-23-1-7-27(8-2-23)45(54)55)42-37(52)61-21-24-3-9-28(10-4-24)46(56)57/h1-12,26,30-32,48,63H,13-22H2,(H,40,49)(H2,39,41,42,51,52)/t26-,30-,31-,32?/m0/s1. The average molecular weight is 896 g/mol. The van der Waals surface area contributed by atoms with Crippen molar-refractivity contribution in [2.45, 2.75) is 62.5 Å². The molecule has 2 aliphatic rings. The van der Waals surface area contributed by atoms with Gasteiger partial charge in [0.15, 0.2) is 0 Å². The normalized spacial score (nSPS) is 17.6. The van der Waals surface area contributed by atoms with E-state index in [2.05, 4.69) is 33.6 Å². The molecule has 0 aliphatic carbocycles. The minimum absolute atomic E-state index is 0.0830. The van der Waals surface area contributed by atoms with Crippen LogP contribution in [0.1, 0.15) is 36.0 Å². The highest BCUT2D eigenvalue weighted by Gasteiger charge is 2.43. The highest BCUT2D eigenvalue weighted by molar-refractivity contribution is 7.81. The van der Waals surface area contributed by atoms with Crippen molar-refractivity contribution in [2.75, 3.05) is 26.2 Å². The number of amides is 5. The number of aliphatic hydroxyl groups is 1. The third-order valence-electron chi connectivity index (χ3n) is 9.62. The maximum absolute atomic E-state index is 13.6. The van der Waals surface area contributed by atoms with Crippen LogP contribution in [-0.2, 0) is 43.6 Å². The number of benzene rings is 3. The number of non-ortho nitro benzene ring substituents is 3. The molecule has 5 rings (SSSR count). The van der Waals surface area contributed by atoms with E-state index in [1.165, 1.54) is 82.6 Å². The molecule has 4 N–H and O–H groups in total. The van der Waals surface area contributed by atoms with Crippen molar-refractivity contribution in [3.05, 3.63) is 120 Å². The number of guanidine groups is 1. The van der Waals surface area contributed by atoms with E-state index in [1.807, 2.05) is 0 Å². The minimum atomic E-state index is -1.60. The van der Waals surface area contributed by atoms with Gasteiger partial charge in [0.1, 0.15) is 32.0 Å². The molecule has 0 radical (unpaired) electrons. The van der Waals surface area contributed by atoms with Crippen molar-refractivity contribution >= 4 is 65.7 Å². The van der Waals surface area contributed by atoms with E-state index in [0.29, 0.717) is 23.1 Å². The highest BCUT2D eigenvalue weighted by Crippen LogP contribution is 2.26. The predicted molar refractivity (Wildman–Crippen MR) is 220 cm³/mol. The second kappa shape index (κ2) is 21.9. The van der Waals surface area contributed by atoms with Gasteiger partial charge in [0.25, 0.3) is 17.1 Å². The van der Waals surface area contributed by atoms with E-state index in [-0.39, 0.29) is 87.1 Å². The second-order valence-electron chi connectivity index (χ2n) is 14.1. The molecule has 0 spiro atoms. The lowest BCUT2D eigenvalue weighted by atomic mass is 10.2. The minimum Gasteiger partial charge on any atom is -0.445 e. The number of carbonyl (C=O) groups is 5. The smallest absolute Gasteiger partial charge is 0.437 e. The second-order valence-corrected chi connectivity index (χ2v) is 14.8. The summed E-state index contributed by atoms with van der Waals surface area (Å²) in [5.74, 6) is -1.65. The van der Waals surface area contributed by atoms with E-state index in [4.69, 9.17) is 14.2 Å². The fourth-order valence-electron chi connectivity index (χ4n) is 6.33. The molecule has 1 unspecified atom stereocenters. The number of aliphatic imine (C=N–C) groups is 1. The zero-order valence-electron chi connectivity index (χ0n) is 33.1. The first-order valence-electron chi connectivity index (χ1n) is 19.1. The fourth-order valence-corrected chi connectivity index (χ4v) is 6.70. The quantitative estimate of drug-likeness (QED) is 0.0365. The van der Waals surface area contributed by atoms with Crippen molar-refractivity contribution in [3.63, 3.8) is 0 Å². The lowest BCUT2D eigenvalue weighted by Crippen LogP contribution is -2.49. The van der Waals surface area contributed by atoms with E-state index >= 15 is 0 Å². The Morgan fingerprint density at radius 2 is 1.29 bits per heavy atom. The van der Waals surface area contributed by atoms with Gasteiger partial charge in [-0.1, -0.05) is 0 Å². The summed E-state index contributed by atoms with van der Waals surface area (Å²) >= 11 is 4.47. The molecule has 63 heavy (non-hydrogen) atoms. The Labute approximate surface area is 362 Å². The molecule has 24 nitrogen and oxygen atoms in total. The van der Waals surface area contributed by atoms with Crippen molar-refractivity contribution in [2.24, 2.45) is 4.99 Å². The van der Waals surface area contributed by atoms with Gasteiger partial charge in [-0.15, -0.1) is 4.99 Å². The predicted octanol–water partition coefficient (Wildman–Crippen LogP) is 3.10. The number of aliphatic hydroxyl groups excluding tert-OH is 1. The molecule has 334 valence electrons. The molecule has 2 heterocycles. The highest BCUT2D eigenvalue weighted by atomic mass is 32.1. The summed E-state index contributed by atoms with van der Waals surface area (Å²) in [5, 5.41) is 50.6. The van der Waals surface area contributed by atoms with E-state index in [0.717, 1.165) is 0 Å². The number of hydrogen-bond donors (Lipinski definition) is 5. The van der Waals surface area contributed by atoms with Crippen LogP contribution in [-0.4, -0.2) is 115 Å². The van der Waals surface area contributed by atoms with Gasteiger partial charge in [-0.25, -0.2) is 14.4 Å². The van der Waals surface area contributed by atoms with E-state index in [1.54, 1.807) is 0 Å². The molecule has 3 aromatic carbocycles. The van der Waals surface area contributed by atoms with Gasteiger partial charge in [0, 0.05) is 73.9 Å². The summed E-state index contributed by atoms with van der Waals surface area (Å²) in [6.45, 7) is -0.604. The number of rotatable bonds is 15. The number of likely N-dealkylation sites (tertiary alicyclic amines) is 2. The summed E-state index contributed by atoms with van der Waals surface area (Å²) in [5.41, 5.74) is 0.833. The first kappa shape index (κ1) is 46.7. The monoisotopic (exact) mass is 895 g/mol. The first-order chi connectivity index (χ1) is 30.1. The summed E-state index contributed by atoms with van der Waals surface area (Å²) in [4.78, 5) is 102. The van der Waals surface area contributed by atoms with Crippen LogP contribution in [0.3, 0.4) is 0 Å². The molecule has 3 aromatic rings. The summed E-state index contributed by atoms with van der Waals surface area (Å²) in [6.07, 6.45) is -4.34. The van der Waals surface area contributed by atoms with Gasteiger partial charge >= 0.3 is 18.3 Å². The van der Waals surface area contributed by atoms with Crippen LogP contribution in [0.4, 0.5) is 31.4 Å². The number of nitrogens with zero attached hydrogens (tertiary/aromatic N) is 6. The van der Waals surface area contributed by atoms with Crippen molar-refractivity contribution < 1.29 is 58.1 Å². The van der Waals surface area contributed by atoms with Crippen LogP contribution < -0.4 is 16.0 Å². The largest absolute Gasteiger partial charge is 0.445 e. The summed E-state index contributed by atoms with van der Waals surface area (Å²) in [6, 6.07) is 14.4. The molecule has 0 saturated carbocycles. The van der Waals surface area contributed by atoms with Crippen molar-refractivity contribution in [3.8, 4) is 0 Å². The molecule has 5 amide bonds. The van der Waals surface area contributed by atoms with Crippen LogP contribution in [0.25, 0.3) is 0 Å². The van der Waals surface area contributed by atoms with Crippen LogP contribution in [0.15, 0.2) is 77.8 Å². The molecule has 0 bridgehead atoms. The van der Waals surface area contributed by atoms with Crippen LogP contribution >= 0.6 is 12.6 Å². The number of thiol groups is 1. The SMILES string of the molecule is O=C(/N=C(\NCCC(O)C(=O)N[C@H]1CCN(C(=O)[C@@H]2C[C@H](S)CN2C(=O)OCc2ccc([N+](=O)[O-])cc2)C1)NC(=O)OCc1ccc([N+](=O)[O-])cc1)OCc1ccc([N+](=O)[O-])cc1. The van der Waals surface area contributed by atoms with Crippen molar-refractivity contribution in [1.82, 2.24) is 25.8 Å². The molecule has 4 atom stereocenters. The first-order valence-corrected chi connectivity index (χ1v) is 19.6. The zero-order chi connectivity index (χ0) is 45.6. The van der Waals surface area contributed by atoms with Gasteiger partial charge in [0.2, 0.25) is 17.8 Å². The number of nitro groups is 3. The average Bonchev–Trinajstić information content (AvgIpc) is 3.90. The Kier molecular flexibility index (Phi) is 16.2. The maximum atomic E-state index is 13.6. The summed E-state index contributed by atoms with van der Waals surface area (Å²) in [7, 11) is 0. The Balaban J connectivity index is 1.10. The number of hydrogen-bond acceptors (Lipinski definition) is 16. The van der Waals surface area contributed by atoms with Gasteiger partial charge in [-0.2, -0.15) is 12.6 Å². The molecule has 0 aromatic heterocycles. The molecule has 25 heteroatoms. The third kappa shape index (κ3) is 13.8. The van der Waals surface area contributed by atoms with Gasteiger partial charge in [-0.3, -0.25) is 50.1 Å². The van der Waals surface area contributed by atoms with Crippen LogP contribution in [0.5, 0.6) is 0 Å². The number of alkyl carbamates (subject to hydrolysis) is 1. The number of nitrogens with one attached hydrogen (secondary N) is 3. The van der Waals surface area contributed by atoms with Crippen LogP contribution in [0, 0.1) is 30.3 Å². The van der Waals surface area contributed by atoms with E-state index < -0.39 is 63.1 Å². The zero-order valence-corrected chi connectivity index (χ0v) is 34.0. The molecule has 2 aliphatic heterocycles. The summed E-state index contributed by atoms with van der Waals surface area (Å²) < 4.78 is 15.6. The topological polar surface area (TPSA) is 318 Å². The lowest BCUT2D eigenvalue weighted by molar-refractivity contribution is -0.385. The van der Waals surface area contributed by atoms with Crippen molar-refractivity contribution in [1.29, 1.82) is 0 Å². The fraction of sp³-hybridized carbons (Fsp3) is 0.368. The van der Waals surface area contributed by atoms with Gasteiger partial charge in [-0.05, 0) is 72.4 Å². The molecular formula is C38H41N9O15S. The molecular weight excluding hydrogens is 855 g/mol. The van der Waals surface area contributed by atoms with Gasteiger partial charge in [0.05, 0.1) is 14.8 Å². The van der Waals surface area contributed by atoms with E-state index in [9.17, 15) is 59.4 Å². The Morgan fingerprint density at radius 1 is 0.778 bits per heavy atom. The third-order valence-corrected chi connectivity index (χ3v) is 9.99. The molecule has 2 fully saturated rings. The molecule has 2 saturated heterocycles. The number of ether oxygens (including phenoxy) is 3. The van der Waals surface area contributed by atoms with Crippen LogP contribution in [0.2, 0.25) is 0 Å². The Bertz CT molecular complexity index is 2210. The lowest BCUT2D eigenvalue weighted by Gasteiger charge is -2.27. The maximum Gasteiger partial charge on any atom is 0.437 e.